The molecule has 0 saturated carbocycles. The second kappa shape index (κ2) is 6.15. The van der Waals surface area contributed by atoms with Crippen LogP contribution in [0.25, 0.3) is 10.6 Å². The summed E-state index contributed by atoms with van der Waals surface area (Å²) < 4.78 is 26.7. The van der Waals surface area contributed by atoms with E-state index in [1.165, 1.54) is 16.2 Å². The molecule has 1 atom stereocenters. The van der Waals surface area contributed by atoms with Gasteiger partial charge in [0.15, 0.2) is 0 Å². The number of hydrogen-bond acceptors (Lipinski definition) is 6. The van der Waals surface area contributed by atoms with Gasteiger partial charge in [-0.05, 0) is 6.92 Å². The molecule has 4 rings (SSSR count). The van der Waals surface area contributed by atoms with Crippen LogP contribution in [-0.2, 0) is 15.0 Å². The molecule has 0 bridgehead atoms. The summed E-state index contributed by atoms with van der Waals surface area (Å²) in [6.07, 6.45) is 0. The van der Waals surface area contributed by atoms with Crippen LogP contribution in [-0.4, -0.2) is 60.1 Å². The van der Waals surface area contributed by atoms with E-state index in [0.717, 1.165) is 20.4 Å². The van der Waals surface area contributed by atoms with Crippen LogP contribution in [0.3, 0.4) is 0 Å². The molecule has 2 aromatic rings. The molecule has 0 radical (unpaired) electrons. The fourth-order valence-corrected chi connectivity index (χ4v) is 5.20. The van der Waals surface area contributed by atoms with Gasteiger partial charge < -0.3 is 4.90 Å². The average molecular weight is 392 g/mol. The summed E-state index contributed by atoms with van der Waals surface area (Å²) in [6, 6.07) is 7.00. The number of nitrogens with zero attached hydrogens (tertiary/aromatic N) is 3. The van der Waals surface area contributed by atoms with Gasteiger partial charge in [0.25, 0.3) is 11.8 Å². The molecule has 1 unspecified atom stereocenters. The minimum Gasteiger partial charge on any atom is -0.334 e. The second-order valence-electron chi connectivity index (χ2n) is 6.25. The molecular weight excluding hydrogens is 376 g/mol. The molecular formula is C16H16N4O4S2. The van der Waals surface area contributed by atoms with E-state index in [1.807, 2.05) is 35.9 Å². The molecule has 2 aliphatic heterocycles. The standard InChI is InChI=1S/C16H16N4O4S2/c1-10-2-4-11(5-3-10)15-17-12(9-25-15)16(22)19-6-7-20-13(8-19)14(21)18-26(20,23)24/h2-5,9,13H,6-8H2,1H3,(H,18,21). The number of rotatable bonds is 2. The Labute approximate surface area is 154 Å². The SMILES string of the molecule is Cc1ccc(-c2nc(C(=O)N3CCN4C(C3)C(=O)NS4(=O)=O)cs2)cc1. The fourth-order valence-electron chi connectivity index (χ4n) is 3.07. The van der Waals surface area contributed by atoms with E-state index in [0.29, 0.717) is 5.69 Å². The molecule has 1 N–H and O–H groups in total. The Hall–Kier alpha value is -2.30. The molecule has 10 heteroatoms. The van der Waals surface area contributed by atoms with Gasteiger partial charge in [0.05, 0.1) is 0 Å². The topological polar surface area (TPSA) is 99.7 Å². The summed E-state index contributed by atoms with van der Waals surface area (Å²) in [6.45, 7) is 2.34. The molecule has 0 spiro atoms. The summed E-state index contributed by atoms with van der Waals surface area (Å²) in [5, 5.41) is 2.43. The van der Waals surface area contributed by atoms with Gasteiger partial charge in [-0.25, -0.2) is 9.71 Å². The maximum atomic E-state index is 12.7. The smallest absolute Gasteiger partial charge is 0.304 e. The van der Waals surface area contributed by atoms with Crippen molar-refractivity contribution < 1.29 is 18.0 Å². The van der Waals surface area contributed by atoms with Crippen molar-refractivity contribution in [3.8, 4) is 10.6 Å². The average Bonchev–Trinajstić information content (AvgIpc) is 3.18. The highest BCUT2D eigenvalue weighted by Gasteiger charge is 2.47. The number of carbonyl (C=O) groups is 2. The van der Waals surface area contributed by atoms with Crippen molar-refractivity contribution in [3.63, 3.8) is 0 Å². The lowest BCUT2D eigenvalue weighted by Crippen LogP contribution is -2.54. The summed E-state index contributed by atoms with van der Waals surface area (Å²) in [7, 11) is -3.76. The molecule has 1 aromatic carbocycles. The van der Waals surface area contributed by atoms with E-state index in [2.05, 4.69) is 4.98 Å². The van der Waals surface area contributed by atoms with Crippen LogP contribution in [0.5, 0.6) is 0 Å². The number of hydrogen-bond donors (Lipinski definition) is 1. The van der Waals surface area contributed by atoms with Gasteiger partial charge in [0.2, 0.25) is 0 Å². The number of benzene rings is 1. The third kappa shape index (κ3) is 2.89. The number of thiazole rings is 1. The number of carbonyl (C=O) groups excluding carboxylic acids is 2. The maximum Gasteiger partial charge on any atom is 0.304 e. The Morgan fingerprint density at radius 3 is 2.73 bits per heavy atom. The van der Waals surface area contributed by atoms with Gasteiger partial charge >= 0.3 is 10.2 Å². The monoisotopic (exact) mass is 392 g/mol. The van der Waals surface area contributed by atoms with E-state index in [-0.39, 0.29) is 25.5 Å². The van der Waals surface area contributed by atoms with Gasteiger partial charge in [0.1, 0.15) is 16.7 Å². The van der Waals surface area contributed by atoms with Crippen molar-refractivity contribution in [3.05, 3.63) is 40.9 Å². The van der Waals surface area contributed by atoms with Crippen molar-refractivity contribution in [1.29, 1.82) is 0 Å². The van der Waals surface area contributed by atoms with Gasteiger partial charge in [-0.1, -0.05) is 29.8 Å². The van der Waals surface area contributed by atoms with E-state index < -0.39 is 22.2 Å². The van der Waals surface area contributed by atoms with Crippen molar-refractivity contribution in [2.75, 3.05) is 19.6 Å². The zero-order valence-electron chi connectivity index (χ0n) is 13.9. The zero-order valence-corrected chi connectivity index (χ0v) is 15.5. The van der Waals surface area contributed by atoms with Crippen LogP contribution in [0.1, 0.15) is 16.1 Å². The van der Waals surface area contributed by atoms with Gasteiger partial charge in [-0.15, -0.1) is 11.3 Å². The number of nitrogens with one attached hydrogen (secondary N) is 1. The number of piperazine rings is 1. The Balaban J connectivity index is 1.52. The van der Waals surface area contributed by atoms with Gasteiger partial charge in [0, 0.05) is 30.6 Å². The first kappa shape index (κ1) is 17.1. The molecule has 2 aliphatic rings. The highest BCUT2D eigenvalue weighted by molar-refractivity contribution is 7.88. The number of aryl methyl sites for hydroxylation is 1. The third-order valence-electron chi connectivity index (χ3n) is 4.48. The summed E-state index contributed by atoms with van der Waals surface area (Å²) in [5.41, 5.74) is 2.38. The third-order valence-corrected chi connectivity index (χ3v) is 6.89. The van der Waals surface area contributed by atoms with Crippen LogP contribution in [0.2, 0.25) is 0 Å². The molecule has 0 aliphatic carbocycles. The van der Waals surface area contributed by atoms with E-state index in [1.54, 1.807) is 5.38 Å². The first-order valence-electron chi connectivity index (χ1n) is 8.00. The quantitative estimate of drug-likeness (QED) is 0.808. The predicted molar refractivity (Wildman–Crippen MR) is 95.7 cm³/mol. The lowest BCUT2D eigenvalue weighted by Gasteiger charge is -2.33. The summed E-state index contributed by atoms with van der Waals surface area (Å²) >= 11 is 1.38. The Morgan fingerprint density at radius 1 is 1.27 bits per heavy atom. The van der Waals surface area contributed by atoms with E-state index in [4.69, 9.17) is 0 Å². The Morgan fingerprint density at radius 2 is 2.00 bits per heavy atom. The van der Waals surface area contributed by atoms with E-state index >= 15 is 0 Å². The highest BCUT2D eigenvalue weighted by Crippen LogP contribution is 2.26. The number of aromatic nitrogens is 1. The summed E-state index contributed by atoms with van der Waals surface area (Å²) in [4.78, 5) is 30.5. The molecule has 2 saturated heterocycles. The second-order valence-corrected chi connectivity index (χ2v) is 8.73. The Kier molecular flexibility index (Phi) is 4.05. The summed E-state index contributed by atoms with van der Waals surface area (Å²) in [5.74, 6) is -0.891. The van der Waals surface area contributed by atoms with Crippen LogP contribution < -0.4 is 4.72 Å². The molecule has 136 valence electrons. The Bertz CT molecular complexity index is 984. The van der Waals surface area contributed by atoms with Crippen LogP contribution in [0.15, 0.2) is 29.6 Å². The van der Waals surface area contributed by atoms with Crippen molar-refractivity contribution in [1.82, 2.24) is 18.9 Å². The zero-order chi connectivity index (χ0) is 18.5. The van der Waals surface area contributed by atoms with Crippen molar-refractivity contribution in [2.24, 2.45) is 0 Å². The first-order valence-corrected chi connectivity index (χ1v) is 10.3. The predicted octanol–water partition coefficient (Wildman–Crippen LogP) is 0.620. The first-order chi connectivity index (χ1) is 12.3. The molecule has 2 amide bonds. The molecule has 1 aromatic heterocycles. The highest BCUT2D eigenvalue weighted by atomic mass is 32.2. The fraction of sp³-hybridized carbons (Fsp3) is 0.312. The molecule has 2 fully saturated rings. The van der Waals surface area contributed by atoms with Gasteiger partial charge in [-0.3, -0.25) is 9.59 Å². The molecule has 8 nitrogen and oxygen atoms in total. The largest absolute Gasteiger partial charge is 0.334 e. The number of amides is 2. The van der Waals surface area contributed by atoms with Gasteiger partial charge in [-0.2, -0.15) is 12.7 Å². The number of fused-ring (bicyclic) bond motifs is 1. The normalized spacial score (nSPS) is 22.1. The minimum absolute atomic E-state index is 0.0291. The molecule has 26 heavy (non-hydrogen) atoms. The van der Waals surface area contributed by atoms with Crippen molar-refractivity contribution >= 4 is 33.4 Å². The van der Waals surface area contributed by atoms with Crippen molar-refractivity contribution in [2.45, 2.75) is 13.0 Å². The lowest BCUT2D eigenvalue weighted by atomic mass is 10.1. The maximum absolute atomic E-state index is 12.7. The van der Waals surface area contributed by atoms with E-state index in [9.17, 15) is 18.0 Å². The lowest BCUT2D eigenvalue weighted by molar-refractivity contribution is -0.122. The van der Waals surface area contributed by atoms with Crippen LogP contribution in [0.4, 0.5) is 0 Å². The minimum atomic E-state index is -3.76. The molecule has 3 heterocycles. The van der Waals surface area contributed by atoms with Crippen LogP contribution in [0, 0.1) is 6.92 Å². The van der Waals surface area contributed by atoms with Crippen LogP contribution >= 0.6 is 11.3 Å².